The molecule has 0 aromatic carbocycles. The van der Waals surface area contributed by atoms with Crippen molar-refractivity contribution in [2.45, 2.75) is 58.7 Å². The summed E-state index contributed by atoms with van der Waals surface area (Å²) in [4.78, 5) is 22.0. The van der Waals surface area contributed by atoms with Crippen molar-refractivity contribution in [2.75, 3.05) is 27.2 Å². The average Bonchev–Trinajstić information content (AvgIpc) is 3.22. The van der Waals surface area contributed by atoms with Crippen molar-refractivity contribution in [3.8, 4) is 11.1 Å². The number of piperidine rings is 1. The Balaban J connectivity index is 1.79. The van der Waals surface area contributed by atoms with Crippen molar-refractivity contribution >= 4 is 11.5 Å². The van der Waals surface area contributed by atoms with Crippen LogP contribution in [0.2, 0.25) is 0 Å². The van der Waals surface area contributed by atoms with Crippen molar-refractivity contribution in [3.63, 3.8) is 0 Å². The summed E-state index contributed by atoms with van der Waals surface area (Å²) in [5, 5.41) is 0. The molecule has 0 radical (unpaired) electrons. The molecule has 0 amide bonds. The van der Waals surface area contributed by atoms with E-state index in [-0.39, 0.29) is 18.1 Å². The van der Waals surface area contributed by atoms with Crippen LogP contribution in [0, 0.1) is 6.92 Å². The number of esters is 1. The molecule has 3 aromatic rings. The highest BCUT2D eigenvalue weighted by Crippen LogP contribution is 2.33. The number of carbonyl (C=O) groups is 1. The molecule has 0 bridgehead atoms. The van der Waals surface area contributed by atoms with E-state index in [0.717, 1.165) is 53.8 Å². The standard InChI is InChI=1S/C27H36N4O2/c1-18(2)33-27(32)25-16-24-15-22(21-7-11-28-12-8-21)17-31(24)26(19(25)3)20(4)30-13-9-23(10-14-30)29(5)6/h7-8,11-12,15-18,20,23H,9-10,13-14H2,1-6H3. The van der Waals surface area contributed by atoms with Gasteiger partial charge >= 0.3 is 5.97 Å². The number of nitrogens with zero attached hydrogens (tertiary/aromatic N) is 4. The summed E-state index contributed by atoms with van der Waals surface area (Å²) in [7, 11) is 4.34. The highest BCUT2D eigenvalue weighted by atomic mass is 16.5. The van der Waals surface area contributed by atoms with E-state index in [9.17, 15) is 4.79 Å². The second kappa shape index (κ2) is 9.65. The molecule has 1 unspecified atom stereocenters. The molecule has 1 saturated heterocycles. The van der Waals surface area contributed by atoms with Gasteiger partial charge in [-0.3, -0.25) is 9.88 Å². The predicted molar refractivity (Wildman–Crippen MR) is 133 cm³/mol. The summed E-state index contributed by atoms with van der Waals surface area (Å²) in [5.74, 6) is -0.253. The monoisotopic (exact) mass is 448 g/mol. The molecule has 6 nitrogen and oxygen atoms in total. The lowest BCUT2D eigenvalue weighted by atomic mass is 9.98. The minimum Gasteiger partial charge on any atom is -0.459 e. The van der Waals surface area contributed by atoms with Crippen molar-refractivity contribution < 1.29 is 9.53 Å². The minimum absolute atomic E-state index is 0.154. The topological polar surface area (TPSA) is 50.1 Å². The third-order valence-corrected chi connectivity index (χ3v) is 6.94. The Labute approximate surface area is 197 Å². The van der Waals surface area contributed by atoms with Crippen molar-refractivity contribution in [3.05, 3.63) is 59.7 Å². The van der Waals surface area contributed by atoms with Gasteiger partial charge in [-0.2, -0.15) is 0 Å². The van der Waals surface area contributed by atoms with Gasteiger partial charge < -0.3 is 14.0 Å². The number of hydrogen-bond donors (Lipinski definition) is 0. The first-order chi connectivity index (χ1) is 15.8. The molecule has 1 fully saturated rings. The number of fused-ring (bicyclic) bond motifs is 1. The van der Waals surface area contributed by atoms with Gasteiger partial charge in [0.25, 0.3) is 0 Å². The van der Waals surface area contributed by atoms with Crippen LogP contribution in [0.1, 0.15) is 61.3 Å². The number of carbonyl (C=O) groups excluding carboxylic acids is 1. The number of hydrogen-bond acceptors (Lipinski definition) is 5. The van der Waals surface area contributed by atoms with Crippen molar-refractivity contribution in [1.29, 1.82) is 0 Å². The Morgan fingerprint density at radius 3 is 2.36 bits per heavy atom. The van der Waals surface area contributed by atoms with Gasteiger partial charge in [0.05, 0.1) is 11.7 Å². The van der Waals surface area contributed by atoms with Crippen LogP contribution in [0.25, 0.3) is 16.6 Å². The average molecular weight is 449 g/mol. The maximum absolute atomic E-state index is 13.0. The zero-order valence-corrected chi connectivity index (χ0v) is 20.7. The third kappa shape index (κ3) is 4.82. The molecule has 1 atom stereocenters. The molecule has 1 aliphatic rings. The van der Waals surface area contributed by atoms with Gasteiger partial charge in [0, 0.05) is 60.5 Å². The molecule has 0 saturated carbocycles. The number of pyridine rings is 2. The van der Waals surface area contributed by atoms with Crippen LogP contribution in [0.15, 0.2) is 42.9 Å². The summed E-state index contributed by atoms with van der Waals surface area (Å²) in [6.07, 6.45) is 7.97. The van der Waals surface area contributed by atoms with E-state index in [4.69, 9.17) is 4.74 Å². The van der Waals surface area contributed by atoms with Crippen LogP contribution in [0.3, 0.4) is 0 Å². The molecule has 3 aromatic heterocycles. The van der Waals surface area contributed by atoms with Crippen LogP contribution in [-0.2, 0) is 4.74 Å². The van der Waals surface area contributed by atoms with E-state index in [1.165, 1.54) is 0 Å². The van der Waals surface area contributed by atoms with Crippen LogP contribution < -0.4 is 0 Å². The normalized spacial score (nSPS) is 16.6. The fourth-order valence-electron chi connectivity index (χ4n) is 5.04. The van der Waals surface area contributed by atoms with Crippen LogP contribution >= 0.6 is 0 Å². The first-order valence-electron chi connectivity index (χ1n) is 11.9. The molecule has 0 aliphatic carbocycles. The molecule has 1 aliphatic heterocycles. The van der Waals surface area contributed by atoms with E-state index in [1.54, 1.807) is 0 Å². The summed E-state index contributed by atoms with van der Waals surface area (Å²) >= 11 is 0. The molecule has 0 N–H and O–H groups in total. The third-order valence-electron chi connectivity index (χ3n) is 6.94. The lowest BCUT2D eigenvalue weighted by molar-refractivity contribution is 0.0376. The predicted octanol–water partition coefficient (Wildman–Crippen LogP) is 4.96. The summed E-state index contributed by atoms with van der Waals surface area (Å²) in [6, 6.07) is 8.97. The zero-order valence-electron chi connectivity index (χ0n) is 20.7. The Morgan fingerprint density at radius 2 is 1.76 bits per heavy atom. The molecule has 4 heterocycles. The van der Waals surface area contributed by atoms with Gasteiger partial charge in [-0.05, 0) is 90.0 Å². The summed E-state index contributed by atoms with van der Waals surface area (Å²) in [6.45, 7) is 10.2. The Morgan fingerprint density at radius 1 is 1.09 bits per heavy atom. The minimum atomic E-state index is -0.253. The Hall–Kier alpha value is -2.70. The fourth-order valence-corrected chi connectivity index (χ4v) is 5.04. The second-order valence-corrected chi connectivity index (χ2v) is 9.69. The zero-order chi connectivity index (χ0) is 23.7. The van der Waals surface area contributed by atoms with E-state index in [0.29, 0.717) is 11.6 Å². The molecular weight excluding hydrogens is 412 g/mol. The van der Waals surface area contributed by atoms with Crippen LogP contribution in [0.4, 0.5) is 0 Å². The smallest absolute Gasteiger partial charge is 0.338 e. The van der Waals surface area contributed by atoms with Gasteiger partial charge in [-0.25, -0.2) is 4.79 Å². The van der Waals surface area contributed by atoms with Gasteiger partial charge in [0.2, 0.25) is 0 Å². The quantitative estimate of drug-likeness (QED) is 0.499. The van der Waals surface area contributed by atoms with E-state index in [2.05, 4.69) is 59.4 Å². The van der Waals surface area contributed by atoms with E-state index < -0.39 is 0 Å². The molecule has 4 rings (SSSR count). The summed E-state index contributed by atoms with van der Waals surface area (Å²) < 4.78 is 7.87. The van der Waals surface area contributed by atoms with Crippen LogP contribution in [-0.4, -0.2) is 64.5 Å². The maximum atomic E-state index is 13.0. The molecule has 176 valence electrons. The SMILES string of the molecule is Cc1c(C(=O)OC(C)C)cc2cc(-c3ccncc3)cn2c1C(C)N1CCC(N(C)C)CC1. The summed E-state index contributed by atoms with van der Waals surface area (Å²) in [5.41, 5.74) is 6.04. The number of rotatable bonds is 6. The van der Waals surface area contributed by atoms with Crippen LogP contribution in [0.5, 0.6) is 0 Å². The highest BCUT2D eigenvalue weighted by Gasteiger charge is 2.28. The van der Waals surface area contributed by atoms with Crippen molar-refractivity contribution in [2.24, 2.45) is 0 Å². The van der Waals surface area contributed by atoms with E-state index >= 15 is 0 Å². The largest absolute Gasteiger partial charge is 0.459 e. The lowest BCUT2D eigenvalue weighted by Gasteiger charge is -2.39. The molecule has 0 spiro atoms. The number of likely N-dealkylation sites (tertiary alicyclic amines) is 1. The number of ether oxygens (including phenoxy) is 1. The van der Waals surface area contributed by atoms with Gasteiger partial charge in [0.1, 0.15) is 0 Å². The Kier molecular flexibility index (Phi) is 6.86. The first-order valence-corrected chi connectivity index (χ1v) is 11.9. The highest BCUT2D eigenvalue weighted by molar-refractivity contribution is 5.93. The van der Waals surface area contributed by atoms with Crippen molar-refractivity contribution in [1.82, 2.24) is 19.2 Å². The fraction of sp³-hybridized carbons (Fsp3) is 0.481. The van der Waals surface area contributed by atoms with Gasteiger partial charge in [-0.15, -0.1) is 0 Å². The molecule has 33 heavy (non-hydrogen) atoms. The first kappa shape index (κ1) is 23.5. The maximum Gasteiger partial charge on any atom is 0.338 e. The van der Waals surface area contributed by atoms with E-state index in [1.807, 2.05) is 44.4 Å². The second-order valence-electron chi connectivity index (χ2n) is 9.69. The molecule has 6 heteroatoms. The van der Waals surface area contributed by atoms with Gasteiger partial charge in [0.15, 0.2) is 0 Å². The van der Waals surface area contributed by atoms with Gasteiger partial charge in [-0.1, -0.05) is 0 Å². The number of aromatic nitrogens is 2. The Bertz CT molecular complexity index is 1110. The lowest BCUT2D eigenvalue weighted by Crippen LogP contribution is -2.43. The molecular formula is C27H36N4O2.